The Kier molecular flexibility index (Phi) is 6.93. The maximum Gasteiger partial charge on any atom is 0.326 e. The summed E-state index contributed by atoms with van der Waals surface area (Å²) in [4.78, 5) is 33.2. The van der Waals surface area contributed by atoms with Gasteiger partial charge in [0.2, 0.25) is 11.8 Å². The summed E-state index contributed by atoms with van der Waals surface area (Å²) in [7, 11) is 0. The summed E-state index contributed by atoms with van der Waals surface area (Å²) in [6.07, 6.45) is 1.98. The minimum absolute atomic E-state index is 0.326. The third-order valence-corrected chi connectivity index (χ3v) is 2.27. The molecule has 0 heterocycles. The number of amides is 2. The highest BCUT2D eigenvalue weighted by Gasteiger charge is 2.22. The van der Waals surface area contributed by atoms with Gasteiger partial charge in [0, 0.05) is 6.92 Å². The zero-order valence-electron chi connectivity index (χ0n) is 10.4. The van der Waals surface area contributed by atoms with Gasteiger partial charge in [0.05, 0.1) is 0 Å². The van der Waals surface area contributed by atoms with Crippen molar-refractivity contribution in [1.29, 1.82) is 0 Å². The highest BCUT2D eigenvalue weighted by atomic mass is 16.4. The number of unbranched alkanes of at least 4 members (excludes halogenated alkanes) is 1. The van der Waals surface area contributed by atoms with Crippen molar-refractivity contribution in [2.45, 2.75) is 52.1 Å². The minimum atomic E-state index is -1.05. The van der Waals surface area contributed by atoms with Crippen LogP contribution in [0, 0.1) is 0 Å². The van der Waals surface area contributed by atoms with Crippen molar-refractivity contribution in [3.05, 3.63) is 0 Å². The molecule has 0 fully saturated rings. The standard InChI is InChI=1S/C11H20N2O4/c1-4-5-6-9(11(16)17)13-10(15)7(2)12-8(3)14/h7,9H,4-6H2,1-3H3,(H,12,14)(H,13,15)(H,16,17)/t7-,9+/m1/s1. The van der Waals surface area contributed by atoms with E-state index in [0.29, 0.717) is 6.42 Å². The average Bonchev–Trinajstić information content (AvgIpc) is 2.22. The fraction of sp³-hybridized carbons (Fsp3) is 0.727. The molecule has 3 N–H and O–H groups in total. The predicted octanol–water partition coefficient (Wildman–Crippen LogP) is 0.271. The van der Waals surface area contributed by atoms with Crippen LogP contribution in [0.3, 0.4) is 0 Å². The molecule has 2 atom stereocenters. The summed E-state index contributed by atoms with van der Waals surface area (Å²) in [5, 5.41) is 13.7. The number of aliphatic carboxylic acids is 1. The maximum absolute atomic E-state index is 11.6. The van der Waals surface area contributed by atoms with Crippen LogP contribution in [-0.2, 0) is 14.4 Å². The van der Waals surface area contributed by atoms with E-state index in [2.05, 4.69) is 10.6 Å². The number of carbonyl (C=O) groups excluding carboxylic acids is 2. The number of carboxylic acids is 1. The lowest BCUT2D eigenvalue weighted by molar-refractivity contribution is -0.142. The zero-order chi connectivity index (χ0) is 13.4. The molecule has 0 aliphatic rings. The van der Waals surface area contributed by atoms with E-state index in [0.717, 1.165) is 12.8 Å². The Morgan fingerprint density at radius 1 is 1.24 bits per heavy atom. The van der Waals surface area contributed by atoms with Crippen molar-refractivity contribution in [3.63, 3.8) is 0 Å². The van der Waals surface area contributed by atoms with Crippen LogP contribution in [0.1, 0.15) is 40.0 Å². The molecule has 0 aromatic heterocycles. The monoisotopic (exact) mass is 244 g/mol. The average molecular weight is 244 g/mol. The van der Waals surface area contributed by atoms with Gasteiger partial charge in [-0.15, -0.1) is 0 Å². The Bertz CT molecular complexity index is 291. The van der Waals surface area contributed by atoms with E-state index in [1.807, 2.05) is 6.92 Å². The third kappa shape index (κ3) is 6.55. The maximum atomic E-state index is 11.6. The summed E-state index contributed by atoms with van der Waals surface area (Å²) in [5.41, 5.74) is 0. The second kappa shape index (κ2) is 7.65. The van der Waals surface area contributed by atoms with Gasteiger partial charge in [0.15, 0.2) is 0 Å². The number of carboxylic acid groups (broad SMARTS) is 1. The first-order valence-corrected chi connectivity index (χ1v) is 5.68. The molecule has 17 heavy (non-hydrogen) atoms. The minimum Gasteiger partial charge on any atom is -0.480 e. The summed E-state index contributed by atoms with van der Waals surface area (Å²) < 4.78 is 0. The van der Waals surface area contributed by atoms with Crippen molar-refractivity contribution in [2.24, 2.45) is 0 Å². The fourth-order valence-corrected chi connectivity index (χ4v) is 1.33. The largest absolute Gasteiger partial charge is 0.480 e. The van der Waals surface area contributed by atoms with Crippen LogP contribution >= 0.6 is 0 Å². The molecular weight excluding hydrogens is 224 g/mol. The van der Waals surface area contributed by atoms with E-state index in [9.17, 15) is 14.4 Å². The van der Waals surface area contributed by atoms with Gasteiger partial charge in [-0.05, 0) is 13.3 Å². The second-order valence-electron chi connectivity index (χ2n) is 3.96. The molecule has 0 aromatic rings. The summed E-state index contributed by atoms with van der Waals surface area (Å²) in [5.74, 6) is -1.86. The van der Waals surface area contributed by atoms with Crippen LogP contribution in [0.2, 0.25) is 0 Å². The van der Waals surface area contributed by atoms with Crippen molar-refractivity contribution in [3.8, 4) is 0 Å². The van der Waals surface area contributed by atoms with Crippen LogP contribution in [-0.4, -0.2) is 35.0 Å². The van der Waals surface area contributed by atoms with Crippen LogP contribution < -0.4 is 10.6 Å². The highest BCUT2D eigenvalue weighted by Crippen LogP contribution is 2.01. The predicted molar refractivity (Wildman–Crippen MR) is 62.4 cm³/mol. The van der Waals surface area contributed by atoms with Crippen molar-refractivity contribution in [1.82, 2.24) is 10.6 Å². The molecule has 6 nitrogen and oxygen atoms in total. The van der Waals surface area contributed by atoms with Crippen LogP contribution in [0.4, 0.5) is 0 Å². The van der Waals surface area contributed by atoms with E-state index in [1.165, 1.54) is 13.8 Å². The van der Waals surface area contributed by atoms with Crippen molar-refractivity contribution in [2.75, 3.05) is 0 Å². The zero-order valence-corrected chi connectivity index (χ0v) is 10.4. The van der Waals surface area contributed by atoms with Gasteiger partial charge in [-0.2, -0.15) is 0 Å². The molecule has 0 rings (SSSR count). The Hall–Kier alpha value is -1.59. The Morgan fingerprint density at radius 2 is 1.82 bits per heavy atom. The number of hydrogen-bond donors (Lipinski definition) is 3. The van der Waals surface area contributed by atoms with Gasteiger partial charge < -0.3 is 15.7 Å². The highest BCUT2D eigenvalue weighted by molar-refractivity contribution is 5.89. The van der Waals surface area contributed by atoms with Crippen molar-refractivity contribution >= 4 is 17.8 Å². The Balaban J connectivity index is 4.29. The van der Waals surface area contributed by atoms with Gasteiger partial charge in [0.25, 0.3) is 0 Å². The molecule has 0 unspecified atom stereocenters. The smallest absolute Gasteiger partial charge is 0.326 e. The van der Waals surface area contributed by atoms with Gasteiger partial charge in [-0.3, -0.25) is 9.59 Å². The van der Waals surface area contributed by atoms with E-state index < -0.39 is 24.0 Å². The number of rotatable bonds is 7. The molecule has 0 aromatic carbocycles. The van der Waals surface area contributed by atoms with Crippen molar-refractivity contribution < 1.29 is 19.5 Å². The molecule has 0 aliphatic heterocycles. The SMILES string of the molecule is CCCC[C@H](NC(=O)[C@@H](C)NC(C)=O)C(=O)O. The number of nitrogens with one attached hydrogen (secondary N) is 2. The molecule has 2 amide bonds. The lowest BCUT2D eigenvalue weighted by Gasteiger charge is -2.17. The van der Waals surface area contributed by atoms with Gasteiger partial charge in [0.1, 0.15) is 12.1 Å². The van der Waals surface area contributed by atoms with E-state index >= 15 is 0 Å². The molecule has 0 aliphatic carbocycles. The first kappa shape index (κ1) is 15.4. The van der Waals surface area contributed by atoms with E-state index in [1.54, 1.807) is 0 Å². The van der Waals surface area contributed by atoms with Crippen LogP contribution in [0.5, 0.6) is 0 Å². The van der Waals surface area contributed by atoms with E-state index in [4.69, 9.17) is 5.11 Å². The first-order valence-electron chi connectivity index (χ1n) is 5.68. The molecule has 6 heteroatoms. The Labute approximate surface area is 101 Å². The molecule has 0 spiro atoms. The normalized spacial score (nSPS) is 13.6. The lowest BCUT2D eigenvalue weighted by Crippen LogP contribution is -2.49. The molecule has 0 saturated carbocycles. The lowest BCUT2D eigenvalue weighted by atomic mass is 10.1. The van der Waals surface area contributed by atoms with Crippen LogP contribution in [0.25, 0.3) is 0 Å². The van der Waals surface area contributed by atoms with Gasteiger partial charge >= 0.3 is 5.97 Å². The number of carbonyl (C=O) groups is 3. The third-order valence-electron chi connectivity index (χ3n) is 2.27. The molecular formula is C11H20N2O4. The fourth-order valence-electron chi connectivity index (χ4n) is 1.33. The summed E-state index contributed by atoms with van der Waals surface area (Å²) in [6, 6.07) is -1.62. The topological polar surface area (TPSA) is 95.5 Å². The first-order chi connectivity index (χ1) is 7.88. The van der Waals surface area contributed by atoms with E-state index in [-0.39, 0.29) is 5.91 Å². The summed E-state index contributed by atoms with van der Waals surface area (Å²) in [6.45, 7) is 4.76. The molecule has 0 saturated heterocycles. The van der Waals surface area contributed by atoms with Crippen LogP contribution in [0.15, 0.2) is 0 Å². The second-order valence-corrected chi connectivity index (χ2v) is 3.96. The Morgan fingerprint density at radius 3 is 2.24 bits per heavy atom. The molecule has 0 bridgehead atoms. The number of hydrogen-bond acceptors (Lipinski definition) is 3. The van der Waals surface area contributed by atoms with Gasteiger partial charge in [-0.1, -0.05) is 19.8 Å². The molecule has 98 valence electrons. The van der Waals surface area contributed by atoms with Gasteiger partial charge in [-0.25, -0.2) is 4.79 Å². The molecule has 0 radical (unpaired) electrons. The quantitative estimate of drug-likeness (QED) is 0.599. The summed E-state index contributed by atoms with van der Waals surface area (Å²) >= 11 is 0.